The fourth-order valence-electron chi connectivity index (χ4n) is 3.15. The van der Waals surface area contributed by atoms with E-state index in [1.165, 1.54) is 0 Å². The van der Waals surface area contributed by atoms with Crippen LogP contribution in [0.1, 0.15) is 47.5 Å². The maximum absolute atomic E-state index is 12.6. The predicted octanol–water partition coefficient (Wildman–Crippen LogP) is 2.80. The molecular formula is C16H25NO4. The molecule has 1 saturated heterocycles. The average molecular weight is 295 g/mol. The van der Waals surface area contributed by atoms with Crippen LogP contribution in [0.2, 0.25) is 0 Å². The van der Waals surface area contributed by atoms with Crippen LogP contribution in [-0.4, -0.2) is 29.3 Å². The van der Waals surface area contributed by atoms with Crippen molar-refractivity contribution >= 4 is 11.9 Å². The Hall–Kier alpha value is -1.36. The van der Waals surface area contributed by atoms with Gasteiger partial charge in [-0.15, -0.1) is 0 Å². The van der Waals surface area contributed by atoms with Crippen molar-refractivity contribution in [1.29, 1.82) is 0 Å². The van der Waals surface area contributed by atoms with E-state index in [0.29, 0.717) is 6.42 Å². The lowest BCUT2D eigenvalue weighted by Gasteiger charge is -2.42. The summed E-state index contributed by atoms with van der Waals surface area (Å²) in [7, 11) is 0. The molecule has 21 heavy (non-hydrogen) atoms. The highest BCUT2D eigenvalue weighted by Gasteiger charge is 2.55. The van der Waals surface area contributed by atoms with Crippen molar-refractivity contribution in [2.24, 2.45) is 11.8 Å². The molecule has 118 valence electrons. The van der Waals surface area contributed by atoms with Gasteiger partial charge in [-0.25, -0.2) is 4.79 Å². The van der Waals surface area contributed by atoms with E-state index in [-0.39, 0.29) is 23.7 Å². The molecule has 2 aliphatic heterocycles. The van der Waals surface area contributed by atoms with Crippen LogP contribution in [0.3, 0.4) is 0 Å². The number of nitrogens with one attached hydrogen (secondary N) is 1. The molecule has 0 radical (unpaired) electrons. The van der Waals surface area contributed by atoms with Gasteiger partial charge in [-0.1, -0.05) is 19.9 Å². The second kappa shape index (κ2) is 5.44. The lowest BCUT2D eigenvalue weighted by atomic mass is 9.79. The highest BCUT2D eigenvalue weighted by atomic mass is 16.6. The highest BCUT2D eigenvalue weighted by molar-refractivity contribution is 5.88. The van der Waals surface area contributed by atoms with Gasteiger partial charge >= 0.3 is 6.09 Å². The van der Waals surface area contributed by atoms with Crippen LogP contribution in [-0.2, 0) is 14.3 Å². The SMILES string of the molecule is CC[C@@H]1C(=O)[C@@H](CC)[C@]2(NC(=O)OC(C)(C)C)C=C[C@H]1O2. The molecule has 2 rings (SSSR count). The molecule has 0 spiro atoms. The zero-order valence-corrected chi connectivity index (χ0v) is 13.4. The normalized spacial score (nSPS) is 34.9. The Kier molecular flexibility index (Phi) is 4.15. The third-order valence-electron chi connectivity index (χ3n) is 4.03. The summed E-state index contributed by atoms with van der Waals surface area (Å²) >= 11 is 0. The van der Waals surface area contributed by atoms with Gasteiger partial charge in [0, 0.05) is 5.92 Å². The predicted molar refractivity (Wildman–Crippen MR) is 78.7 cm³/mol. The second-order valence-electron chi connectivity index (χ2n) is 6.74. The highest BCUT2D eigenvalue weighted by Crippen LogP contribution is 2.42. The summed E-state index contributed by atoms with van der Waals surface area (Å²) in [5.41, 5.74) is -1.64. The summed E-state index contributed by atoms with van der Waals surface area (Å²) in [4.78, 5) is 24.7. The van der Waals surface area contributed by atoms with Crippen LogP contribution >= 0.6 is 0 Å². The van der Waals surface area contributed by atoms with E-state index in [2.05, 4.69) is 5.32 Å². The van der Waals surface area contributed by atoms with Gasteiger partial charge in [0.25, 0.3) is 0 Å². The minimum Gasteiger partial charge on any atom is -0.444 e. The zero-order chi connectivity index (χ0) is 15.8. The lowest BCUT2D eigenvalue weighted by Crippen LogP contribution is -2.61. The number of fused-ring (bicyclic) bond motifs is 2. The average Bonchev–Trinajstić information content (AvgIpc) is 2.68. The molecule has 4 atom stereocenters. The molecule has 0 saturated carbocycles. The monoisotopic (exact) mass is 295 g/mol. The fraction of sp³-hybridized carbons (Fsp3) is 0.750. The van der Waals surface area contributed by atoms with Crippen LogP contribution < -0.4 is 5.32 Å². The van der Waals surface area contributed by atoms with E-state index in [1.807, 2.05) is 26.0 Å². The zero-order valence-electron chi connectivity index (χ0n) is 13.4. The van der Waals surface area contributed by atoms with Crippen molar-refractivity contribution in [3.8, 4) is 0 Å². The number of alkyl carbamates (subject to hydrolysis) is 1. The molecule has 2 aliphatic rings. The number of carbonyl (C=O) groups is 2. The Morgan fingerprint density at radius 3 is 2.57 bits per heavy atom. The topological polar surface area (TPSA) is 64.6 Å². The van der Waals surface area contributed by atoms with Gasteiger partial charge < -0.3 is 9.47 Å². The Labute approximate surface area is 126 Å². The van der Waals surface area contributed by atoms with Crippen LogP contribution in [0.4, 0.5) is 4.79 Å². The van der Waals surface area contributed by atoms with E-state index < -0.39 is 17.4 Å². The second-order valence-corrected chi connectivity index (χ2v) is 6.74. The first-order chi connectivity index (χ1) is 9.72. The largest absolute Gasteiger partial charge is 0.444 e. The minimum absolute atomic E-state index is 0.123. The van der Waals surface area contributed by atoms with Gasteiger partial charge in [0.1, 0.15) is 11.4 Å². The number of hydrogen-bond donors (Lipinski definition) is 1. The van der Waals surface area contributed by atoms with E-state index in [4.69, 9.17) is 9.47 Å². The van der Waals surface area contributed by atoms with Gasteiger partial charge in [-0.3, -0.25) is 10.1 Å². The number of rotatable bonds is 3. The Morgan fingerprint density at radius 1 is 1.38 bits per heavy atom. The molecular weight excluding hydrogens is 270 g/mol. The van der Waals surface area contributed by atoms with Crippen LogP contribution in [0, 0.1) is 11.8 Å². The summed E-state index contributed by atoms with van der Waals surface area (Å²) in [5, 5.41) is 2.77. The summed E-state index contributed by atoms with van der Waals surface area (Å²) < 4.78 is 11.3. The van der Waals surface area contributed by atoms with Gasteiger partial charge in [0.2, 0.25) is 0 Å². The molecule has 1 N–H and O–H groups in total. The Balaban J connectivity index is 2.20. The first-order valence-electron chi connectivity index (χ1n) is 7.64. The Morgan fingerprint density at radius 2 is 2.05 bits per heavy atom. The van der Waals surface area contributed by atoms with Gasteiger partial charge in [0.05, 0.1) is 12.0 Å². The standard InChI is InChI=1S/C16H25NO4/c1-6-10-12-8-9-16(20-12,11(7-2)13(10)18)17-14(19)21-15(3,4)5/h8-12H,6-7H2,1-5H3,(H,17,19)/t10-,11+,12+,16-/m0/s1. The number of hydrogen-bond acceptors (Lipinski definition) is 4. The maximum Gasteiger partial charge on any atom is 0.410 e. The summed E-state index contributed by atoms with van der Waals surface area (Å²) in [6.45, 7) is 9.32. The van der Waals surface area contributed by atoms with Crippen LogP contribution in [0.15, 0.2) is 12.2 Å². The van der Waals surface area contributed by atoms with E-state index >= 15 is 0 Å². The molecule has 1 amide bonds. The molecule has 5 nitrogen and oxygen atoms in total. The third kappa shape index (κ3) is 2.98. The smallest absolute Gasteiger partial charge is 0.410 e. The van der Waals surface area contributed by atoms with Crippen molar-refractivity contribution < 1.29 is 19.1 Å². The van der Waals surface area contributed by atoms with Gasteiger partial charge in [-0.2, -0.15) is 0 Å². The molecule has 1 fully saturated rings. The molecule has 0 aromatic heterocycles. The summed E-state index contributed by atoms with van der Waals surface area (Å²) in [6, 6.07) is 0. The van der Waals surface area contributed by atoms with Gasteiger partial charge in [-0.05, 0) is 39.7 Å². The van der Waals surface area contributed by atoms with E-state index in [0.717, 1.165) is 6.42 Å². The molecule has 0 aliphatic carbocycles. The molecule has 0 aromatic rings. The number of Topliss-reactive ketones (excluding diaryl/α,β-unsaturated/α-hetero) is 1. The van der Waals surface area contributed by atoms with Crippen molar-refractivity contribution in [2.45, 2.75) is 64.9 Å². The van der Waals surface area contributed by atoms with Crippen LogP contribution in [0.25, 0.3) is 0 Å². The molecule has 2 bridgehead atoms. The fourth-order valence-corrected chi connectivity index (χ4v) is 3.15. The van der Waals surface area contributed by atoms with Crippen molar-refractivity contribution in [3.05, 3.63) is 12.2 Å². The molecule has 0 aromatic carbocycles. The van der Waals surface area contributed by atoms with Crippen molar-refractivity contribution in [2.75, 3.05) is 0 Å². The lowest BCUT2D eigenvalue weighted by molar-refractivity contribution is -0.167. The minimum atomic E-state index is -1.05. The number of amides is 1. The van der Waals surface area contributed by atoms with Crippen molar-refractivity contribution in [3.63, 3.8) is 0 Å². The number of carbonyl (C=O) groups excluding carboxylic acids is 2. The summed E-state index contributed by atoms with van der Waals surface area (Å²) in [6.07, 6.45) is 4.24. The molecule has 5 heteroatoms. The molecule has 0 unspecified atom stereocenters. The van der Waals surface area contributed by atoms with Crippen molar-refractivity contribution in [1.82, 2.24) is 5.32 Å². The Bertz CT molecular complexity index is 465. The van der Waals surface area contributed by atoms with E-state index in [1.54, 1.807) is 20.8 Å². The first kappa shape index (κ1) is 16.0. The summed E-state index contributed by atoms with van der Waals surface area (Å²) in [5.74, 6) is -0.329. The van der Waals surface area contributed by atoms with E-state index in [9.17, 15) is 9.59 Å². The molecule has 2 heterocycles. The first-order valence-corrected chi connectivity index (χ1v) is 7.64. The maximum atomic E-state index is 12.6. The quantitative estimate of drug-likeness (QED) is 0.813. The van der Waals surface area contributed by atoms with Crippen LogP contribution in [0.5, 0.6) is 0 Å². The number of ether oxygens (including phenoxy) is 2. The van der Waals surface area contributed by atoms with Gasteiger partial charge in [0.15, 0.2) is 5.72 Å². The number of ketones is 1. The third-order valence-corrected chi connectivity index (χ3v) is 4.03.